The Labute approximate surface area is 141 Å². The van der Waals surface area contributed by atoms with Crippen LogP contribution >= 0.6 is 0 Å². The quantitative estimate of drug-likeness (QED) is 0.802. The van der Waals surface area contributed by atoms with Gasteiger partial charge in [0.25, 0.3) is 0 Å². The number of aliphatic hydroxyl groups is 1. The van der Waals surface area contributed by atoms with E-state index < -0.39 is 6.10 Å². The average Bonchev–Trinajstić information content (AvgIpc) is 3.08. The van der Waals surface area contributed by atoms with Crippen LogP contribution in [0.3, 0.4) is 0 Å². The van der Waals surface area contributed by atoms with Gasteiger partial charge in [-0.15, -0.1) is 0 Å². The maximum absolute atomic E-state index is 12.1. The second-order valence-electron chi connectivity index (χ2n) is 6.77. The van der Waals surface area contributed by atoms with Crippen molar-refractivity contribution in [3.63, 3.8) is 0 Å². The highest BCUT2D eigenvalue weighted by atomic mass is 16.3. The molecule has 1 fully saturated rings. The van der Waals surface area contributed by atoms with Crippen molar-refractivity contribution in [1.82, 2.24) is 9.47 Å². The molecule has 2 aromatic carbocycles. The summed E-state index contributed by atoms with van der Waals surface area (Å²) < 4.78 is 2.17. The first kappa shape index (κ1) is 15.2. The van der Waals surface area contributed by atoms with E-state index in [-0.39, 0.29) is 11.8 Å². The van der Waals surface area contributed by atoms with E-state index in [1.807, 2.05) is 31.2 Å². The zero-order valence-electron chi connectivity index (χ0n) is 13.9. The lowest BCUT2D eigenvalue weighted by Gasteiger charge is -2.21. The number of rotatable bonds is 4. The number of aliphatic hydroxyl groups excluding tert-OH is 1. The first-order valence-corrected chi connectivity index (χ1v) is 8.58. The van der Waals surface area contributed by atoms with E-state index in [2.05, 4.69) is 28.8 Å². The van der Waals surface area contributed by atoms with Gasteiger partial charge in [-0.25, -0.2) is 0 Å². The number of amides is 1. The fourth-order valence-electron chi connectivity index (χ4n) is 3.80. The number of fused-ring (bicyclic) bond motifs is 3. The summed E-state index contributed by atoms with van der Waals surface area (Å²) in [5.74, 6) is 0.252. The Balaban J connectivity index is 1.65. The van der Waals surface area contributed by atoms with Crippen molar-refractivity contribution < 1.29 is 9.90 Å². The topological polar surface area (TPSA) is 45.5 Å². The third-order valence-electron chi connectivity index (χ3n) is 5.07. The molecule has 1 amide bonds. The van der Waals surface area contributed by atoms with Gasteiger partial charge in [-0.05, 0) is 18.6 Å². The van der Waals surface area contributed by atoms with Gasteiger partial charge in [-0.1, -0.05) is 43.3 Å². The Kier molecular flexibility index (Phi) is 3.77. The van der Waals surface area contributed by atoms with Crippen LogP contribution in [0.25, 0.3) is 21.8 Å². The minimum Gasteiger partial charge on any atom is -0.389 e. The van der Waals surface area contributed by atoms with Crippen LogP contribution in [0.15, 0.2) is 48.5 Å². The van der Waals surface area contributed by atoms with Crippen LogP contribution in [0.1, 0.15) is 13.3 Å². The number of carbonyl (C=O) groups excluding carboxylic acids is 1. The number of hydrogen-bond acceptors (Lipinski definition) is 2. The molecule has 24 heavy (non-hydrogen) atoms. The van der Waals surface area contributed by atoms with Crippen molar-refractivity contribution in [2.75, 3.05) is 13.1 Å². The van der Waals surface area contributed by atoms with Gasteiger partial charge in [-0.3, -0.25) is 4.79 Å². The number of carbonyl (C=O) groups is 1. The van der Waals surface area contributed by atoms with E-state index in [9.17, 15) is 9.90 Å². The molecule has 2 heterocycles. The summed E-state index contributed by atoms with van der Waals surface area (Å²) >= 11 is 0. The van der Waals surface area contributed by atoms with Crippen LogP contribution in [0.2, 0.25) is 0 Å². The van der Waals surface area contributed by atoms with E-state index in [0.717, 1.165) is 24.0 Å². The largest absolute Gasteiger partial charge is 0.389 e. The van der Waals surface area contributed by atoms with Crippen molar-refractivity contribution in [3.8, 4) is 0 Å². The van der Waals surface area contributed by atoms with Crippen LogP contribution < -0.4 is 0 Å². The zero-order valence-corrected chi connectivity index (χ0v) is 13.9. The molecule has 124 valence electrons. The fourth-order valence-corrected chi connectivity index (χ4v) is 3.80. The summed E-state index contributed by atoms with van der Waals surface area (Å²) in [6.45, 7) is 3.61. The van der Waals surface area contributed by atoms with Gasteiger partial charge in [0.1, 0.15) is 0 Å². The second kappa shape index (κ2) is 5.95. The molecule has 0 radical (unpaired) electrons. The van der Waals surface area contributed by atoms with Crippen molar-refractivity contribution in [1.29, 1.82) is 0 Å². The first-order chi connectivity index (χ1) is 11.6. The zero-order chi connectivity index (χ0) is 16.7. The number of likely N-dealkylation sites (tertiary alicyclic amines) is 1. The molecule has 1 saturated heterocycles. The molecule has 4 rings (SSSR count). The average molecular weight is 322 g/mol. The van der Waals surface area contributed by atoms with Gasteiger partial charge >= 0.3 is 0 Å². The maximum atomic E-state index is 12.1. The lowest BCUT2D eigenvalue weighted by Crippen LogP contribution is -2.36. The predicted molar refractivity (Wildman–Crippen MR) is 95.8 cm³/mol. The molecule has 4 nitrogen and oxygen atoms in total. The third kappa shape index (κ3) is 2.47. The minimum atomic E-state index is -0.571. The Morgan fingerprint density at radius 2 is 1.62 bits per heavy atom. The van der Waals surface area contributed by atoms with Crippen LogP contribution in [0.5, 0.6) is 0 Å². The van der Waals surface area contributed by atoms with E-state index in [1.165, 1.54) is 10.8 Å². The van der Waals surface area contributed by atoms with Crippen molar-refractivity contribution in [2.45, 2.75) is 26.0 Å². The molecule has 1 aromatic heterocycles. The number of hydrogen-bond donors (Lipinski definition) is 1. The lowest BCUT2D eigenvalue weighted by molar-refractivity contribution is -0.131. The summed E-state index contributed by atoms with van der Waals surface area (Å²) in [6.07, 6.45) is 0.319. The predicted octanol–water partition coefficient (Wildman–Crippen LogP) is 3.02. The SMILES string of the molecule is C[C@H]1CCN(CC(O)Cn2c3ccccc3c3ccccc32)C1=O. The maximum Gasteiger partial charge on any atom is 0.225 e. The van der Waals surface area contributed by atoms with Crippen LogP contribution in [-0.2, 0) is 11.3 Å². The molecular weight excluding hydrogens is 300 g/mol. The molecule has 2 atom stereocenters. The summed E-state index contributed by atoms with van der Waals surface area (Å²) in [5.41, 5.74) is 2.25. The highest BCUT2D eigenvalue weighted by molar-refractivity contribution is 6.07. The molecule has 1 aliphatic heterocycles. The van der Waals surface area contributed by atoms with Gasteiger partial charge in [0.2, 0.25) is 5.91 Å². The Hall–Kier alpha value is -2.33. The highest BCUT2D eigenvalue weighted by Gasteiger charge is 2.29. The summed E-state index contributed by atoms with van der Waals surface area (Å²) in [7, 11) is 0. The summed E-state index contributed by atoms with van der Waals surface area (Å²) in [6, 6.07) is 16.5. The smallest absolute Gasteiger partial charge is 0.225 e. The Bertz CT molecular complexity index is 846. The van der Waals surface area contributed by atoms with Gasteiger partial charge in [0, 0.05) is 40.8 Å². The number of benzene rings is 2. The Morgan fingerprint density at radius 1 is 1.04 bits per heavy atom. The lowest BCUT2D eigenvalue weighted by atomic mass is 10.1. The summed E-state index contributed by atoms with van der Waals surface area (Å²) in [5, 5.41) is 13.0. The molecule has 1 aliphatic rings. The van der Waals surface area contributed by atoms with Crippen LogP contribution in [0, 0.1) is 5.92 Å². The monoisotopic (exact) mass is 322 g/mol. The molecule has 4 heteroatoms. The van der Waals surface area contributed by atoms with Crippen molar-refractivity contribution >= 4 is 27.7 Å². The standard InChI is InChI=1S/C20H22N2O2/c1-14-10-11-21(20(14)24)12-15(23)13-22-18-8-4-2-6-16(18)17-7-3-5-9-19(17)22/h2-9,14-15,23H,10-13H2,1H3/t14-,15?/m0/s1. The number of para-hydroxylation sites is 2. The molecule has 1 unspecified atom stereocenters. The van der Waals surface area contributed by atoms with E-state index in [1.54, 1.807) is 4.90 Å². The number of aromatic nitrogens is 1. The van der Waals surface area contributed by atoms with Gasteiger partial charge in [0.05, 0.1) is 12.6 Å². The van der Waals surface area contributed by atoms with Gasteiger partial charge in [-0.2, -0.15) is 0 Å². The molecule has 0 aliphatic carbocycles. The first-order valence-electron chi connectivity index (χ1n) is 8.58. The third-order valence-corrected chi connectivity index (χ3v) is 5.07. The molecule has 0 saturated carbocycles. The highest BCUT2D eigenvalue weighted by Crippen LogP contribution is 2.29. The van der Waals surface area contributed by atoms with Crippen LogP contribution in [-0.4, -0.2) is 39.7 Å². The van der Waals surface area contributed by atoms with Crippen molar-refractivity contribution in [2.24, 2.45) is 5.92 Å². The van der Waals surface area contributed by atoms with Gasteiger partial charge in [0.15, 0.2) is 0 Å². The summed E-state index contributed by atoms with van der Waals surface area (Å²) in [4.78, 5) is 13.9. The number of nitrogens with zero attached hydrogens (tertiary/aromatic N) is 2. The molecule has 1 N–H and O–H groups in total. The van der Waals surface area contributed by atoms with Gasteiger partial charge < -0.3 is 14.6 Å². The molecule has 3 aromatic rings. The molecule has 0 spiro atoms. The Morgan fingerprint density at radius 3 is 2.17 bits per heavy atom. The molecule has 0 bridgehead atoms. The second-order valence-corrected chi connectivity index (χ2v) is 6.77. The minimum absolute atomic E-state index is 0.0884. The molecular formula is C20H22N2O2. The number of β-amino-alcohol motifs (C(OH)–C–C–N with tert-alkyl or cyclic N) is 1. The fraction of sp³-hybridized carbons (Fsp3) is 0.350. The van der Waals surface area contributed by atoms with E-state index in [4.69, 9.17) is 0 Å². The van der Waals surface area contributed by atoms with E-state index >= 15 is 0 Å². The van der Waals surface area contributed by atoms with Crippen molar-refractivity contribution in [3.05, 3.63) is 48.5 Å². The van der Waals surface area contributed by atoms with E-state index in [0.29, 0.717) is 13.1 Å². The normalized spacial score (nSPS) is 19.5. The van der Waals surface area contributed by atoms with Crippen LogP contribution in [0.4, 0.5) is 0 Å².